The van der Waals surface area contributed by atoms with Crippen LogP contribution in [0.4, 0.5) is 0 Å². The number of benzene rings is 3. The number of aromatic nitrogens is 2. The highest BCUT2D eigenvalue weighted by Gasteiger charge is 2.45. The molecule has 0 amide bonds. The molecule has 1 aliphatic heterocycles. The molecule has 0 fully saturated rings. The number of hydrogen-bond donors (Lipinski definition) is 0. The van der Waals surface area contributed by atoms with Gasteiger partial charge >= 0.3 is 0 Å². The summed E-state index contributed by atoms with van der Waals surface area (Å²) in [4.78, 5) is 22.4. The van der Waals surface area contributed by atoms with Crippen molar-refractivity contribution in [2.75, 3.05) is 6.61 Å². The van der Waals surface area contributed by atoms with Crippen molar-refractivity contribution in [1.29, 1.82) is 0 Å². The molecule has 4 aromatic rings. The third-order valence-electron chi connectivity index (χ3n) is 5.46. The van der Waals surface area contributed by atoms with Gasteiger partial charge in [0.1, 0.15) is 6.61 Å². The van der Waals surface area contributed by atoms with Gasteiger partial charge in [0, 0.05) is 23.5 Å². The minimum atomic E-state index is -1.03. The van der Waals surface area contributed by atoms with Crippen LogP contribution in [0.15, 0.2) is 109 Å². The van der Waals surface area contributed by atoms with Crippen molar-refractivity contribution in [2.24, 2.45) is 4.99 Å². The van der Waals surface area contributed by atoms with Gasteiger partial charge in [0.25, 0.3) is 0 Å². The van der Waals surface area contributed by atoms with Crippen molar-refractivity contribution in [3.8, 4) is 11.1 Å². The lowest BCUT2D eigenvalue weighted by Gasteiger charge is -2.23. The van der Waals surface area contributed by atoms with Crippen LogP contribution in [0.3, 0.4) is 0 Å². The topological polar surface area (TPSA) is 56.5 Å². The number of Topliss-reactive ketones (excluding diaryl/α,β-unsaturated/α-hetero) is 1. The van der Waals surface area contributed by atoms with Crippen LogP contribution in [-0.4, -0.2) is 33.4 Å². The summed E-state index contributed by atoms with van der Waals surface area (Å²) in [6, 6.07) is 27.5. The zero-order chi connectivity index (χ0) is 21.1. The summed E-state index contributed by atoms with van der Waals surface area (Å²) in [5.41, 5.74) is 2.71. The fourth-order valence-electron chi connectivity index (χ4n) is 3.84. The highest BCUT2D eigenvalue weighted by atomic mass is 16.5. The molecule has 0 spiro atoms. The number of imidazole rings is 1. The lowest BCUT2D eigenvalue weighted by Crippen LogP contribution is -2.42. The van der Waals surface area contributed by atoms with Gasteiger partial charge in [0.15, 0.2) is 11.3 Å². The van der Waals surface area contributed by atoms with Gasteiger partial charge in [-0.1, -0.05) is 72.8 Å². The maximum Gasteiger partial charge on any atom is 0.217 e. The van der Waals surface area contributed by atoms with E-state index in [0.717, 1.165) is 16.7 Å². The Hall–Kier alpha value is -3.99. The van der Waals surface area contributed by atoms with Crippen molar-refractivity contribution in [1.82, 2.24) is 9.55 Å². The third kappa shape index (κ3) is 3.78. The van der Waals surface area contributed by atoms with E-state index in [1.54, 1.807) is 12.5 Å². The zero-order valence-corrected chi connectivity index (χ0v) is 16.9. The minimum Gasteiger partial charge on any atom is -0.474 e. The molecule has 1 atom stereocenters. The molecule has 2 heterocycles. The fourth-order valence-corrected chi connectivity index (χ4v) is 3.84. The number of ketones is 1. The second-order valence-electron chi connectivity index (χ2n) is 7.61. The van der Waals surface area contributed by atoms with Crippen LogP contribution < -0.4 is 0 Å². The molecule has 0 radical (unpaired) electrons. The normalized spacial score (nSPS) is 17.7. The molecule has 0 N–H and O–H groups in total. The quantitative estimate of drug-likeness (QED) is 0.437. The standard InChI is InChI=1S/C26H21N3O2/c30-24(22-9-5-2-6-10-22)26(17-29-16-15-27-19-29)18-31-25(28-26)23-13-11-21(12-14-23)20-7-3-1-4-8-20/h1-16,19H,17-18H2. The Kier molecular flexibility index (Phi) is 4.92. The summed E-state index contributed by atoms with van der Waals surface area (Å²) < 4.78 is 7.86. The van der Waals surface area contributed by atoms with Crippen LogP contribution in [0.25, 0.3) is 11.1 Å². The van der Waals surface area contributed by atoms with E-state index >= 15 is 0 Å². The molecular weight excluding hydrogens is 386 g/mol. The van der Waals surface area contributed by atoms with E-state index in [1.807, 2.05) is 83.6 Å². The number of nitrogens with zero attached hydrogens (tertiary/aromatic N) is 3. The summed E-state index contributed by atoms with van der Waals surface area (Å²) in [5.74, 6) is 0.432. The summed E-state index contributed by atoms with van der Waals surface area (Å²) in [7, 11) is 0. The number of carbonyl (C=O) groups is 1. The molecule has 5 heteroatoms. The molecule has 5 nitrogen and oxygen atoms in total. The van der Waals surface area contributed by atoms with Gasteiger partial charge in [-0.05, 0) is 23.3 Å². The average Bonchev–Trinajstić information content (AvgIpc) is 3.51. The molecule has 1 aliphatic rings. The van der Waals surface area contributed by atoms with Gasteiger partial charge < -0.3 is 9.30 Å². The molecule has 152 valence electrons. The number of ether oxygens (including phenoxy) is 1. The average molecular weight is 407 g/mol. The molecule has 5 rings (SSSR count). The van der Waals surface area contributed by atoms with Crippen LogP contribution in [0.2, 0.25) is 0 Å². The van der Waals surface area contributed by atoms with Gasteiger partial charge in [-0.25, -0.2) is 9.98 Å². The Bertz CT molecular complexity index is 1200. The molecule has 0 bridgehead atoms. The fraction of sp³-hybridized carbons (Fsp3) is 0.115. The van der Waals surface area contributed by atoms with Crippen molar-refractivity contribution in [3.63, 3.8) is 0 Å². The number of hydrogen-bond acceptors (Lipinski definition) is 4. The molecule has 0 saturated heterocycles. The van der Waals surface area contributed by atoms with E-state index in [-0.39, 0.29) is 12.4 Å². The van der Waals surface area contributed by atoms with E-state index in [0.29, 0.717) is 18.0 Å². The van der Waals surface area contributed by atoms with E-state index < -0.39 is 5.54 Å². The van der Waals surface area contributed by atoms with Gasteiger partial charge in [0.2, 0.25) is 5.90 Å². The summed E-state index contributed by atoms with van der Waals surface area (Å²) in [6.45, 7) is 0.557. The van der Waals surface area contributed by atoms with Crippen LogP contribution >= 0.6 is 0 Å². The predicted octanol–water partition coefficient (Wildman–Crippen LogP) is 4.65. The van der Waals surface area contributed by atoms with Crippen LogP contribution in [0.5, 0.6) is 0 Å². The van der Waals surface area contributed by atoms with Crippen molar-refractivity contribution in [2.45, 2.75) is 12.1 Å². The predicted molar refractivity (Wildman–Crippen MR) is 120 cm³/mol. The first-order chi connectivity index (χ1) is 15.2. The second-order valence-corrected chi connectivity index (χ2v) is 7.61. The monoisotopic (exact) mass is 407 g/mol. The van der Waals surface area contributed by atoms with Crippen LogP contribution in [-0.2, 0) is 11.3 Å². The highest BCUT2D eigenvalue weighted by Crippen LogP contribution is 2.29. The maximum atomic E-state index is 13.5. The first-order valence-corrected chi connectivity index (χ1v) is 10.2. The molecule has 3 aromatic carbocycles. The van der Waals surface area contributed by atoms with Gasteiger partial charge in [-0.2, -0.15) is 0 Å². The minimum absolute atomic E-state index is 0.0577. The Morgan fingerprint density at radius 3 is 2.19 bits per heavy atom. The third-order valence-corrected chi connectivity index (χ3v) is 5.46. The molecule has 1 aromatic heterocycles. The molecule has 0 aliphatic carbocycles. The molecule has 0 saturated carbocycles. The number of carbonyl (C=O) groups excluding carboxylic acids is 1. The van der Waals surface area contributed by atoms with Crippen LogP contribution in [0.1, 0.15) is 15.9 Å². The second kappa shape index (κ2) is 8.03. The molecular formula is C26H21N3O2. The van der Waals surface area contributed by atoms with E-state index in [9.17, 15) is 4.79 Å². The van der Waals surface area contributed by atoms with Crippen molar-refractivity contribution >= 4 is 11.7 Å². The summed E-state index contributed by atoms with van der Waals surface area (Å²) in [5, 5.41) is 0. The zero-order valence-electron chi connectivity index (χ0n) is 16.9. The SMILES string of the molecule is O=C(c1ccccc1)C1(Cn2ccnc2)COC(c2ccc(-c3ccccc3)cc2)=N1. The van der Waals surface area contributed by atoms with Crippen molar-refractivity contribution < 1.29 is 9.53 Å². The van der Waals surface area contributed by atoms with Gasteiger partial charge in [-0.3, -0.25) is 4.79 Å². The van der Waals surface area contributed by atoms with E-state index in [4.69, 9.17) is 9.73 Å². The van der Waals surface area contributed by atoms with Crippen molar-refractivity contribution in [3.05, 3.63) is 115 Å². The lowest BCUT2D eigenvalue weighted by molar-refractivity contribution is 0.0839. The first kappa shape index (κ1) is 19.0. The Morgan fingerprint density at radius 2 is 1.52 bits per heavy atom. The van der Waals surface area contributed by atoms with Gasteiger partial charge in [-0.15, -0.1) is 0 Å². The maximum absolute atomic E-state index is 13.5. The van der Waals surface area contributed by atoms with E-state index in [1.165, 1.54) is 0 Å². The first-order valence-electron chi connectivity index (χ1n) is 10.2. The Labute approximate surface area is 180 Å². The lowest BCUT2D eigenvalue weighted by atomic mass is 9.90. The number of aliphatic imine (C=N–C) groups is 1. The molecule has 1 unspecified atom stereocenters. The van der Waals surface area contributed by atoms with Crippen LogP contribution in [0, 0.1) is 0 Å². The largest absolute Gasteiger partial charge is 0.474 e. The van der Waals surface area contributed by atoms with Gasteiger partial charge in [0.05, 0.1) is 12.9 Å². The summed E-state index contributed by atoms with van der Waals surface area (Å²) >= 11 is 0. The Morgan fingerprint density at radius 1 is 0.871 bits per heavy atom. The highest BCUT2D eigenvalue weighted by molar-refractivity contribution is 6.07. The van der Waals surface area contributed by atoms with E-state index in [2.05, 4.69) is 17.1 Å². The summed E-state index contributed by atoms with van der Waals surface area (Å²) in [6.07, 6.45) is 5.23. The molecule has 31 heavy (non-hydrogen) atoms. The smallest absolute Gasteiger partial charge is 0.217 e. The number of rotatable bonds is 6. The Balaban J connectivity index is 1.49.